The second-order valence-corrected chi connectivity index (χ2v) is 5.56. The highest BCUT2D eigenvalue weighted by atomic mass is 35.5. The fourth-order valence-corrected chi connectivity index (χ4v) is 2.27. The zero-order chi connectivity index (χ0) is 14.5. The van der Waals surface area contributed by atoms with Crippen molar-refractivity contribution < 1.29 is 4.74 Å². The topological polar surface area (TPSA) is 35.2 Å². The molecule has 1 unspecified atom stereocenters. The zero-order valence-electron chi connectivity index (χ0n) is 11.3. The van der Waals surface area contributed by atoms with E-state index in [-0.39, 0.29) is 6.04 Å². The van der Waals surface area contributed by atoms with Crippen LogP contribution < -0.4 is 10.5 Å². The van der Waals surface area contributed by atoms with E-state index in [4.69, 9.17) is 33.7 Å². The van der Waals surface area contributed by atoms with Crippen molar-refractivity contribution in [1.82, 2.24) is 0 Å². The van der Waals surface area contributed by atoms with Crippen LogP contribution >= 0.6 is 23.2 Å². The average Bonchev–Trinajstić information content (AvgIpc) is 2.42. The molecule has 2 nitrogen and oxygen atoms in total. The lowest BCUT2D eigenvalue weighted by Crippen LogP contribution is -2.21. The summed E-state index contributed by atoms with van der Waals surface area (Å²) in [6.45, 7) is 2.06. The van der Waals surface area contributed by atoms with E-state index in [1.165, 1.54) is 0 Å². The number of benzene rings is 2. The van der Waals surface area contributed by atoms with E-state index in [2.05, 4.69) is 6.92 Å². The van der Waals surface area contributed by atoms with Gasteiger partial charge >= 0.3 is 0 Å². The summed E-state index contributed by atoms with van der Waals surface area (Å²) >= 11 is 12.0. The van der Waals surface area contributed by atoms with Crippen LogP contribution in [-0.4, -0.2) is 6.04 Å². The molecule has 0 fully saturated rings. The largest absolute Gasteiger partial charge is 0.457 e. The Bertz CT molecular complexity index is 586. The van der Waals surface area contributed by atoms with E-state index >= 15 is 0 Å². The first-order valence-corrected chi connectivity index (χ1v) is 7.31. The molecule has 2 rings (SSSR count). The van der Waals surface area contributed by atoms with Crippen LogP contribution in [0.2, 0.25) is 10.0 Å². The van der Waals surface area contributed by atoms with Gasteiger partial charge in [-0.05, 0) is 54.8 Å². The third kappa shape index (κ3) is 4.14. The molecule has 0 aliphatic rings. The highest BCUT2D eigenvalue weighted by molar-refractivity contribution is 6.31. The lowest BCUT2D eigenvalue weighted by molar-refractivity contribution is 0.472. The number of rotatable bonds is 5. The minimum Gasteiger partial charge on any atom is -0.457 e. The molecular formula is C16H17Cl2NO. The number of hydrogen-bond donors (Lipinski definition) is 1. The fraction of sp³-hybridized carbons (Fsp3) is 0.250. The highest BCUT2D eigenvalue weighted by Gasteiger charge is 2.10. The summed E-state index contributed by atoms with van der Waals surface area (Å²) in [5.41, 5.74) is 7.03. The molecule has 0 saturated heterocycles. The zero-order valence-corrected chi connectivity index (χ0v) is 12.8. The predicted octanol–water partition coefficient (Wildman–Crippen LogP) is 5.07. The first kappa shape index (κ1) is 15.2. The van der Waals surface area contributed by atoms with E-state index in [0.29, 0.717) is 15.8 Å². The van der Waals surface area contributed by atoms with Crippen LogP contribution in [0.5, 0.6) is 11.5 Å². The number of halogens is 2. The number of hydrogen-bond acceptors (Lipinski definition) is 2. The molecule has 106 valence electrons. The minimum atomic E-state index is 0.0928. The quantitative estimate of drug-likeness (QED) is 0.837. The van der Waals surface area contributed by atoms with Gasteiger partial charge in [0.25, 0.3) is 0 Å². The van der Waals surface area contributed by atoms with Gasteiger partial charge in [0, 0.05) is 16.1 Å². The second-order valence-electron chi connectivity index (χ2n) is 4.68. The third-order valence-corrected chi connectivity index (χ3v) is 3.52. The van der Waals surface area contributed by atoms with Crippen molar-refractivity contribution in [1.29, 1.82) is 0 Å². The molecule has 0 amide bonds. The Kier molecular flexibility index (Phi) is 5.30. The molecule has 0 spiro atoms. The molecule has 0 aliphatic carbocycles. The molecule has 4 heteroatoms. The minimum absolute atomic E-state index is 0.0928. The molecule has 2 N–H and O–H groups in total. The van der Waals surface area contributed by atoms with Gasteiger partial charge in [-0.15, -0.1) is 0 Å². The van der Waals surface area contributed by atoms with Crippen molar-refractivity contribution in [3.8, 4) is 11.5 Å². The Balaban J connectivity index is 2.26. The summed E-state index contributed by atoms with van der Waals surface area (Å²) in [5.74, 6) is 1.46. The van der Waals surface area contributed by atoms with E-state index < -0.39 is 0 Å². The van der Waals surface area contributed by atoms with E-state index in [0.717, 1.165) is 24.2 Å². The molecule has 2 aromatic rings. The van der Waals surface area contributed by atoms with E-state index in [1.54, 1.807) is 6.07 Å². The van der Waals surface area contributed by atoms with Gasteiger partial charge in [-0.3, -0.25) is 0 Å². The van der Waals surface area contributed by atoms with Crippen LogP contribution in [0.15, 0.2) is 42.5 Å². The average molecular weight is 310 g/mol. The van der Waals surface area contributed by atoms with Gasteiger partial charge in [-0.2, -0.15) is 0 Å². The van der Waals surface area contributed by atoms with Crippen LogP contribution in [-0.2, 0) is 6.42 Å². The Labute approximate surface area is 129 Å². The van der Waals surface area contributed by atoms with Gasteiger partial charge in [0.1, 0.15) is 11.5 Å². The standard InChI is InChI=1S/C16H17Cl2NO/c1-2-14(19)9-11-8-13(18)6-7-16(11)20-15-5-3-4-12(17)10-15/h3-8,10,14H,2,9,19H2,1H3. The molecule has 1 atom stereocenters. The Morgan fingerprint density at radius 3 is 2.55 bits per heavy atom. The second kappa shape index (κ2) is 6.98. The summed E-state index contributed by atoms with van der Waals surface area (Å²) in [6, 6.07) is 13.0. The van der Waals surface area contributed by atoms with Crippen molar-refractivity contribution >= 4 is 23.2 Å². The third-order valence-electron chi connectivity index (χ3n) is 3.05. The summed E-state index contributed by atoms with van der Waals surface area (Å²) in [7, 11) is 0. The van der Waals surface area contributed by atoms with Gasteiger partial charge in [0.2, 0.25) is 0 Å². The Morgan fingerprint density at radius 2 is 1.85 bits per heavy atom. The van der Waals surface area contributed by atoms with Crippen LogP contribution in [0.4, 0.5) is 0 Å². The van der Waals surface area contributed by atoms with E-state index in [1.807, 2.05) is 36.4 Å². The van der Waals surface area contributed by atoms with E-state index in [9.17, 15) is 0 Å². The number of nitrogens with two attached hydrogens (primary N) is 1. The summed E-state index contributed by atoms with van der Waals surface area (Å²) in [5, 5.41) is 1.32. The van der Waals surface area contributed by atoms with Crippen LogP contribution in [0.3, 0.4) is 0 Å². The first-order valence-electron chi connectivity index (χ1n) is 6.56. The van der Waals surface area contributed by atoms with Crippen LogP contribution in [0.1, 0.15) is 18.9 Å². The van der Waals surface area contributed by atoms with Crippen LogP contribution in [0.25, 0.3) is 0 Å². The van der Waals surface area contributed by atoms with Crippen molar-refractivity contribution in [3.63, 3.8) is 0 Å². The lowest BCUT2D eigenvalue weighted by atomic mass is 10.0. The van der Waals surface area contributed by atoms with Crippen LogP contribution in [0, 0.1) is 0 Å². The maximum atomic E-state index is 6.05. The SMILES string of the molecule is CCC(N)Cc1cc(Cl)ccc1Oc1cccc(Cl)c1. The molecule has 0 saturated carbocycles. The predicted molar refractivity (Wildman–Crippen MR) is 84.9 cm³/mol. The highest BCUT2D eigenvalue weighted by Crippen LogP contribution is 2.30. The van der Waals surface area contributed by atoms with Gasteiger partial charge < -0.3 is 10.5 Å². The monoisotopic (exact) mass is 309 g/mol. The summed E-state index contributed by atoms with van der Waals surface area (Å²) in [4.78, 5) is 0. The number of ether oxygens (including phenoxy) is 1. The fourth-order valence-electron chi connectivity index (χ4n) is 1.89. The molecule has 0 heterocycles. The normalized spacial score (nSPS) is 12.2. The van der Waals surface area contributed by atoms with Crippen molar-refractivity contribution in [3.05, 3.63) is 58.1 Å². The summed E-state index contributed by atoms with van der Waals surface area (Å²) < 4.78 is 5.89. The maximum absolute atomic E-state index is 6.05. The molecule has 0 radical (unpaired) electrons. The van der Waals surface area contributed by atoms with Gasteiger partial charge in [0.15, 0.2) is 0 Å². The van der Waals surface area contributed by atoms with Gasteiger partial charge in [-0.25, -0.2) is 0 Å². The van der Waals surface area contributed by atoms with Crippen molar-refractivity contribution in [2.24, 2.45) is 5.73 Å². The Morgan fingerprint density at radius 1 is 1.10 bits per heavy atom. The molecular weight excluding hydrogens is 293 g/mol. The Hall–Kier alpha value is -1.22. The smallest absolute Gasteiger partial charge is 0.130 e. The molecule has 2 aromatic carbocycles. The van der Waals surface area contributed by atoms with Gasteiger partial charge in [-0.1, -0.05) is 36.2 Å². The maximum Gasteiger partial charge on any atom is 0.130 e. The molecule has 0 aliphatic heterocycles. The molecule has 0 bridgehead atoms. The summed E-state index contributed by atoms with van der Waals surface area (Å²) in [6.07, 6.45) is 1.63. The molecule has 0 aromatic heterocycles. The first-order chi connectivity index (χ1) is 9.58. The van der Waals surface area contributed by atoms with Gasteiger partial charge in [0.05, 0.1) is 0 Å². The molecule has 20 heavy (non-hydrogen) atoms. The van der Waals surface area contributed by atoms with Crippen molar-refractivity contribution in [2.45, 2.75) is 25.8 Å². The van der Waals surface area contributed by atoms with Crippen molar-refractivity contribution in [2.75, 3.05) is 0 Å². The lowest BCUT2D eigenvalue weighted by Gasteiger charge is -2.14.